The second-order valence-corrected chi connectivity index (χ2v) is 10.1. The van der Waals surface area contributed by atoms with Crippen molar-refractivity contribution in [2.24, 2.45) is 0 Å². The summed E-state index contributed by atoms with van der Waals surface area (Å²) in [5.74, 6) is 0. The van der Waals surface area contributed by atoms with E-state index >= 15 is 0 Å². The number of amides is 1. The van der Waals surface area contributed by atoms with E-state index < -0.39 is 16.1 Å². The average Bonchev–Trinajstić information content (AvgIpc) is 3.09. The fourth-order valence-corrected chi connectivity index (χ4v) is 6.60. The maximum absolute atomic E-state index is 13.6. The Hall–Kier alpha value is -2.84. The zero-order chi connectivity index (χ0) is 21.8. The smallest absolute Gasteiger partial charge is 0.411 e. The summed E-state index contributed by atoms with van der Waals surface area (Å²) in [7, 11) is -2.39. The SMILES string of the molecule is COC(=O)Nc1ccc(S(=O)(=O)N2CCn3c4c(c5cc(C)ccc53)CCC[C@H]42)cc1. The summed E-state index contributed by atoms with van der Waals surface area (Å²) in [5, 5.41) is 3.81. The number of ether oxygens (including phenoxy) is 1. The van der Waals surface area contributed by atoms with Gasteiger partial charge in [0, 0.05) is 35.4 Å². The van der Waals surface area contributed by atoms with Crippen molar-refractivity contribution in [1.82, 2.24) is 8.87 Å². The Kier molecular flexibility index (Phi) is 4.79. The van der Waals surface area contributed by atoms with Crippen LogP contribution < -0.4 is 5.32 Å². The van der Waals surface area contributed by atoms with Gasteiger partial charge in [-0.15, -0.1) is 0 Å². The maximum atomic E-state index is 13.6. The number of anilines is 1. The Balaban J connectivity index is 1.52. The van der Waals surface area contributed by atoms with Crippen LogP contribution >= 0.6 is 0 Å². The van der Waals surface area contributed by atoms with Gasteiger partial charge in [0.25, 0.3) is 0 Å². The number of carbonyl (C=O) groups is 1. The number of carbonyl (C=O) groups excluding carboxylic acids is 1. The molecule has 0 fully saturated rings. The number of rotatable bonds is 3. The third-order valence-electron chi connectivity index (χ3n) is 6.37. The molecule has 3 aromatic rings. The lowest BCUT2D eigenvalue weighted by molar-refractivity contribution is 0.187. The minimum atomic E-state index is -3.67. The minimum absolute atomic E-state index is 0.150. The van der Waals surface area contributed by atoms with Crippen LogP contribution in [0.1, 0.15) is 35.7 Å². The zero-order valence-electron chi connectivity index (χ0n) is 17.6. The van der Waals surface area contributed by atoms with Crippen LogP contribution in [0.5, 0.6) is 0 Å². The van der Waals surface area contributed by atoms with Crippen molar-refractivity contribution in [3.63, 3.8) is 0 Å². The molecule has 5 rings (SSSR count). The Morgan fingerprint density at radius 2 is 1.90 bits per heavy atom. The van der Waals surface area contributed by atoms with Gasteiger partial charge in [-0.1, -0.05) is 11.6 Å². The van der Waals surface area contributed by atoms with Crippen molar-refractivity contribution >= 4 is 32.7 Å². The molecule has 1 N–H and O–H groups in total. The van der Waals surface area contributed by atoms with Crippen LogP contribution in [-0.2, 0) is 27.7 Å². The number of hydrogen-bond acceptors (Lipinski definition) is 4. The van der Waals surface area contributed by atoms with Gasteiger partial charge in [0.2, 0.25) is 10.0 Å². The van der Waals surface area contributed by atoms with Crippen LogP contribution in [0.3, 0.4) is 0 Å². The highest BCUT2D eigenvalue weighted by Gasteiger charge is 2.40. The zero-order valence-corrected chi connectivity index (χ0v) is 18.4. The molecule has 0 radical (unpaired) electrons. The molecule has 2 heterocycles. The fraction of sp³-hybridized carbons (Fsp3) is 0.348. The molecular formula is C23H25N3O4S. The summed E-state index contributed by atoms with van der Waals surface area (Å²) < 4.78 is 35.7. The van der Waals surface area contributed by atoms with Crippen LogP contribution in [-0.4, -0.2) is 37.0 Å². The Bertz CT molecular complexity index is 1280. The van der Waals surface area contributed by atoms with Crippen molar-refractivity contribution in [3.8, 4) is 0 Å². The average molecular weight is 440 g/mol. The molecule has 0 bridgehead atoms. The van der Waals surface area contributed by atoms with E-state index in [4.69, 9.17) is 0 Å². The van der Waals surface area contributed by atoms with Gasteiger partial charge in [0.1, 0.15) is 0 Å². The maximum Gasteiger partial charge on any atom is 0.411 e. The molecule has 2 aliphatic rings. The quantitative estimate of drug-likeness (QED) is 0.663. The van der Waals surface area contributed by atoms with Gasteiger partial charge in [-0.2, -0.15) is 4.31 Å². The summed E-state index contributed by atoms with van der Waals surface area (Å²) in [5.41, 5.74) is 5.37. The first-order chi connectivity index (χ1) is 14.9. The van der Waals surface area contributed by atoms with E-state index in [0.29, 0.717) is 18.8 Å². The van der Waals surface area contributed by atoms with E-state index in [1.165, 1.54) is 41.3 Å². The van der Waals surface area contributed by atoms with Gasteiger partial charge in [-0.05, 0) is 68.1 Å². The first kappa shape index (κ1) is 20.1. The lowest BCUT2D eigenvalue weighted by atomic mass is 9.90. The number of aromatic nitrogens is 1. The first-order valence-corrected chi connectivity index (χ1v) is 11.9. The van der Waals surface area contributed by atoms with Gasteiger partial charge >= 0.3 is 6.09 Å². The summed E-state index contributed by atoms with van der Waals surface area (Å²) in [6.07, 6.45) is 2.19. The number of fused-ring (bicyclic) bond motifs is 3. The number of benzene rings is 2. The van der Waals surface area contributed by atoms with E-state index in [0.717, 1.165) is 25.0 Å². The molecule has 162 valence electrons. The summed E-state index contributed by atoms with van der Waals surface area (Å²) >= 11 is 0. The molecule has 1 atom stereocenters. The second-order valence-electron chi connectivity index (χ2n) is 8.20. The molecule has 0 saturated carbocycles. The number of aryl methyl sites for hydroxylation is 2. The Morgan fingerprint density at radius 1 is 1.13 bits per heavy atom. The largest absolute Gasteiger partial charge is 0.453 e. The third-order valence-corrected chi connectivity index (χ3v) is 8.29. The predicted molar refractivity (Wildman–Crippen MR) is 119 cm³/mol. The van der Waals surface area contributed by atoms with Gasteiger partial charge in [0.15, 0.2) is 0 Å². The van der Waals surface area contributed by atoms with Gasteiger partial charge < -0.3 is 9.30 Å². The minimum Gasteiger partial charge on any atom is -0.453 e. The van der Waals surface area contributed by atoms with E-state index in [1.54, 1.807) is 16.4 Å². The molecule has 8 heteroatoms. The van der Waals surface area contributed by atoms with Crippen LogP contribution in [0, 0.1) is 6.92 Å². The standard InChI is InChI=1S/C23H25N3O4S/c1-15-6-11-20-19(14-15)18-4-3-5-21-22(18)25(20)12-13-26(21)31(28,29)17-9-7-16(8-10-17)24-23(27)30-2/h6-11,14,21H,3-5,12-13H2,1-2H3,(H,24,27)/t21-/m1/s1. The monoisotopic (exact) mass is 439 g/mol. The highest BCUT2D eigenvalue weighted by atomic mass is 32.2. The lowest BCUT2D eigenvalue weighted by Gasteiger charge is -2.39. The van der Waals surface area contributed by atoms with Crippen LogP contribution in [0.2, 0.25) is 0 Å². The van der Waals surface area contributed by atoms with E-state index in [9.17, 15) is 13.2 Å². The summed E-state index contributed by atoms with van der Waals surface area (Å²) in [6, 6.07) is 12.6. The highest BCUT2D eigenvalue weighted by molar-refractivity contribution is 7.89. The van der Waals surface area contributed by atoms with Crippen molar-refractivity contribution in [2.45, 2.75) is 43.7 Å². The second kappa shape index (κ2) is 7.39. The molecular weight excluding hydrogens is 414 g/mol. The number of methoxy groups -OCH3 is 1. The molecule has 31 heavy (non-hydrogen) atoms. The van der Waals surface area contributed by atoms with Crippen molar-refractivity contribution in [3.05, 3.63) is 59.3 Å². The van der Waals surface area contributed by atoms with Crippen molar-refractivity contribution in [1.29, 1.82) is 0 Å². The number of nitrogens with one attached hydrogen (secondary N) is 1. The third kappa shape index (κ3) is 3.21. The van der Waals surface area contributed by atoms with Gasteiger partial charge in [-0.3, -0.25) is 5.32 Å². The number of hydrogen-bond donors (Lipinski definition) is 1. The molecule has 0 saturated heterocycles. The topological polar surface area (TPSA) is 80.6 Å². The Morgan fingerprint density at radius 3 is 2.65 bits per heavy atom. The molecule has 0 unspecified atom stereocenters. The fourth-order valence-electron chi connectivity index (χ4n) is 4.99. The van der Waals surface area contributed by atoms with Gasteiger partial charge in [0.05, 0.1) is 18.0 Å². The van der Waals surface area contributed by atoms with E-state index in [2.05, 4.69) is 39.7 Å². The molecule has 1 amide bonds. The van der Waals surface area contributed by atoms with Crippen LogP contribution in [0.15, 0.2) is 47.4 Å². The van der Waals surface area contributed by atoms with E-state index in [-0.39, 0.29) is 10.9 Å². The highest BCUT2D eigenvalue weighted by Crippen LogP contribution is 2.44. The molecule has 2 aromatic carbocycles. The molecule has 1 aliphatic heterocycles. The Labute approximate surface area is 181 Å². The van der Waals surface area contributed by atoms with Crippen molar-refractivity contribution < 1.29 is 17.9 Å². The number of nitrogens with zero attached hydrogens (tertiary/aromatic N) is 2. The van der Waals surface area contributed by atoms with Crippen molar-refractivity contribution in [2.75, 3.05) is 19.0 Å². The molecule has 7 nitrogen and oxygen atoms in total. The summed E-state index contributed by atoms with van der Waals surface area (Å²) in [4.78, 5) is 11.6. The van der Waals surface area contributed by atoms with E-state index in [1.807, 2.05) is 0 Å². The molecule has 1 aliphatic carbocycles. The lowest BCUT2D eigenvalue weighted by Crippen LogP contribution is -2.43. The molecule has 1 aromatic heterocycles. The number of sulfonamides is 1. The predicted octanol–water partition coefficient (Wildman–Crippen LogP) is 4.21. The molecule has 0 spiro atoms. The van der Waals surface area contributed by atoms with Crippen LogP contribution in [0.4, 0.5) is 10.5 Å². The normalized spacial score (nSPS) is 18.6. The summed E-state index contributed by atoms with van der Waals surface area (Å²) in [6.45, 7) is 3.18. The van der Waals surface area contributed by atoms with Gasteiger partial charge in [-0.25, -0.2) is 13.2 Å². The first-order valence-electron chi connectivity index (χ1n) is 10.5. The van der Waals surface area contributed by atoms with Crippen LogP contribution in [0.25, 0.3) is 10.9 Å².